The van der Waals surface area contributed by atoms with Crippen LogP contribution in [0, 0.1) is 37.8 Å². The van der Waals surface area contributed by atoms with E-state index in [4.69, 9.17) is 0 Å². The molecule has 6 aromatic carbocycles. The summed E-state index contributed by atoms with van der Waals surface area (Å²) in [5.74, 6) is -2.61. The molecule has 0 heterocycles. The number of hydrogen-bond donors (Lipinski definition) is 1. The van der Waals surface area contributed by atoms with Gasteiger partial charge < -0.3 is 26.2 Å². The summed E-state index contributed by atoms with van der Waals surface area (Å²) in [6.45, 7) is 7.75. The number of carbonyl (C=O) groups excluding carboxylic acids is 1. The number of aryl methyl sites for hydroxylation is 3. The van der Waals surface area contributed by atoms with E-state index in [1.807, 2.05) is 30.3 Å². The summed E-state index contributed by atoms with van der Waals surface area (Å²) in [4.78, 5) is 20.1. The van der Waals surface area contributed by atoms with Gasteiger partial charge in [-0.05, 0) is 144 Å². The highest BCUT2D eigenvalue weighted by Gasteiger charge is 2.52. The molecule has 6 aromatic rings. The molecular formula is C47H38BrF15N2O18S5. The Morgan fingerprint density at radius 3 is 1.14 bits per heavy atom. The predicted molar refractivity (Wildman–Crippen MR) is 283 cm³/mol. The second kappa shape index (κ2) is 29.6. The van der Waals surface area contributed by atoms with Crippen molar-refractivity contribution < 1.29 is 139 Å². The number of rotatable bonds is 13. The third-order valence-electron chi connectivity index (χ3n) is 9.47. The number of alkyl halides is 15. The first kappa shape index (κ1) is 76.5. The number of carbonyl (C=O) groups is 1. The fourth-order valence-corrected chi connectivity index (χ4v) is 8.41. The van der Waals surface area contributed by atoms with E-state index in [0.29, 0.717) is 22.4 Å². The lowest BCUT2D eigenvalue weighted by molar-refractivity contribution is -0.384. The minimum Gasteiger partial charge on any atom is -0.376 e. The highest BCUT2D eigenvalue weighted by Crippen LogP contribution is 2.35. The summed E-state index contributed by atoms with van der Waals surface area (Å²) >= 11 is 2.91. The van der Waals surface area contributed by atoms with E-state index in [2.05, 4.69) is 42.2 Å². The molecule has 0 aliphatic carbocycles. The number of nitrogens with one attached hydrogen (secondary N) is 1. The van der Waals surface area contributed by atoms with E-state index in [9.17, 15) is 123 Å². The van der Waals surface area contributed by atoms with Gasteiger partial charge in [0, 0.05) is 24.7 Å². The molecule has 0 bridgehead atoms. The van der Waals surface area contributed by atoms with Crippen LogP contribution in [0.5, 0.6) is 28.7 Å². The standard InChI is InChI=1S/C13H9F3O3S.C10H11F3O3S.C9H8F3NO4S.C8H6BrF3O3S.C7H4F3NO5S/c14-13(15,16)20(17,18)19-12-8-6-11(7-9-12)10-4-2-1-3-5-10;1-6-4-7(2)8(3)9(5-6)16-17(14,15)10(11,12)13;1-6(14)13-7-2-4-8(5-3-7)17-18(15,16)9(10,11)12;1-5-2-3-7(6(9)4-5)15-16(13,14)8(10,11)12;8-7(9,10)17(14,15)16-6-3-1-5(2-4-6)11(12)13/h1-9H;4-5H,1-3H3;2-5H,1H3,(H,13,14);2-4H,1H3;1-4H. The predicted octanol–water partition coefficient (Wildman–Crippen LogP) is 13.1. The van der Waals surface area contributed by atoms with Gasteiger partial charge in [-0.3, -0.25) is 14.9 Å². The highest BCUT2D eigenvalue weighted by atomic mass is 79.9. The molecule has 0 unspecified atom stereocenters. The lowest BCUT2D eigenvalue weighted by atomic mass is 10.1. The van der Waals surface area contributed by atoms with Crippen molar-refractivity contribution >= 4 is 83.8 Å². The molecule has 0 aliphatic rings. The zero-order chi connectivity index (χ0) is 68.0. The Balaban J connectivity index is 0.000000376. The quantitative estimate of drug-likeness (QED) is 0.0369. The fraction of sp³-hybridized carbons (Fsp3) is 0.213. The zero-order valence-electron chi connectivity index (χ0n) is 44.1. The van der Waals surface area contributed by atoms with E-state index in [-0.39, 0.29) is 21.9 Å². The van der Waals surface area contributed by atoms with Gasteiger partial charge >= 0.3 is 78.1 Å². The maximum absolute atomic E-state index is 12.2. The molecule has 1 N–H and O–H groups in total. The molecule has 1 amide bonds. The van der Waals surface area contributed by atoms with Gasteiger partial charge in [0.15, 0.2) is 5.75 Å². The molecule has 0 aromatic heterocycles. The average Bonchev–Trinajstić information content (AvgIpc) is 3.39. The number of nitro benzene ring substituents is 1. The largest absolute Gasteiger partial charge is 0.534 e. The van der Waals surface area contributed by atoms with Gasteiger partial charge in [-0.1, -0.05) is 54.6 Å². The molecule has 0 saturated carbocycles. The van der Waals surface area contributed by atoms with E-state index < -0.39 is 106 Å². The Hall–Kier alpha value is -7.63. The van der Waals surface area contributed by atoms with Crippen molar-refractivity contribution in [3.63, 3.8) is 0 Å². The Morgan fingerprint density at radius 1 is 0.443 bits per heavy atom. The first-order valence-electron chi connectivity index (χ1n) is 22.4. The number of benzene rings is 6. The maximum Gasteiger partial charge on any atom is 0.534 e. The van der Waals surface area contributed by atoms with Crippen molar-refractivity contribution in [2.45, 2.75) is 62.2 Å². The smallest absolute Gasteiger partial charge is 0.376 e. The third-order valence-corrected chi connectivity index (χ3v) is 15.0. The van der Waals surface area contributed by atoms with Crippen LogP contribution in [0.15, 0.2) is 138 Å². The monoisotopic (exact) mass is 1440 g/mol. The molecule has 0 atom stereocenters. The van der Waals surface area contributed by atoms with Crippen molar-refractivity contribution in [2.24, 2.45) is 0 Å². The third kappa shape index (κ3) is 23.5. The molecule has 486 valence electrons. The lowest BCUT2D eigenvalue weighted by Gasteiger charge is -2.13. The van der Waals surface area contributed by atoms with Crippen molar-refractivity contribution in [2.75, 3.05) is 5.32 Å². The molecule has 0 spiro atoms. The Kier molecular flexibility index (Phi) is 25.7. The first-order valence-corrected chi connectivity index (χ1v) is 30.2. The van der Waals surface area contributed by atoms with Gasteiger partial charge in [-0.15, -0.1) is 0 Å². The van der Waals surface area contributed by atoms with Crippen molar-refractivity contribution in [1.29, 1.82) is 0 Å². The van der Waals surface area contributed by atoms with Crippen LogP contribution < -0.4 is 26.2 Å². The number of nitrogens with zero attached hydrogens (tertiary/aromatic N) is 1. The SMILES string of the molecule is CC(=O)Nc1ccc(OS(=O)(=O)C(F)(F)F)cc1.Cc1cc(C)c(C)c(OS(=O)(=O)C(F)(F)F)c1.Cc1ccc(OS(=O)(=O)C(F)(F)F)c(Br)c1.O=S(=O)(Oc1ccc(-c2ccccc2)cc1)C(F)(F)F.O=[N+]([O-])c1ccc(OS(=O)(=O)C(F)(F)F)cc1. The van der Waals surface area contributed by atoms with Crippen LogP contribution in [0.2, 0.25) is 0 Å². The topological polar surface area (TPSA) is 289 Å². The molecule has 0 aliphatic heterocycles. The van der Waals surface area contributed by atoms with Gasteiger partial charge in [0.2, 0.25) is 5.91 Å². The van der Waals surface area contributed by atoms with Crippen molar-refractivity contribution in [1.82, 2.24) is 0 Å². The maximum atomic E-state index is 12.2. The van der Waals surface area contributed by atoms with Crippen LogP contribution in [0.3, 0.4) is 0 Å². The fourth-order valence-electron chi connectivity index (χ4n) is 5.37. The van der Waals surface area contributed by atoms with Crippen LogP contribution in [-0.2, 0) is 55.4 Å². The number of non-ortho nitro benzene ring substituents is 1. The van der Waals surface area contributed by atoms with E-state index >= 15 is 0 Å². The Labute approximate surface area is 497 Å². The minimum atomic E-state index is -5.75. The molecule has 41 heteroatoms. The van der Waals surface area contributed by atoms with Gasteiger partial charge in [-0.25, -0.2) is 0 Å². The van der Waals surface area contributed by atoms with Crippen molar-refractivity contribution in [3.05, 3.63) is 170 Å². The van der Waals surface area contributed by atoms with E-state index in [1.54, 1.807) is 26.8 Å². The number of nitro groups is 1. The number of amides is 1. The summed E-state index contributed by atoms with van der Waals surface area (Å²) in [5.41, 5.74) is -23.4. The van der Waals surface area contributed by atoms with Crippen LogP contribution in [0.4, 0.5) is 77.2 Å². The molecule has 0 saturated heterocycles. The Morgan fingerprint density at radius 2 is 0.784 bits per heavy atom. The van der Waals surface area contributed by atoms with E-state index in [1.165, 1.54) is 68.4 Å². The molecular weight excluding hydrogens is 1410 g/mol. The molecule has 0 fully saturated rings. The van der Waals surface area contributed by atoms with Crippen LogP contribution in [0.1, 0.15) is 29.2 Å². The van der Waals surface area contributed by atoms with Crippen molar-refractivity contribution in [3.8, 4) is 39.9 Å². The summed E-state index contributed by atoms with van der Waals surface area (Å²) in [6.07, 6.45) is 0. The zero-order valence-corrected chi connectivity index (χ0v) is 49.8. The summed E-state index contributed by atoms with van der Waals surface area (Å²) < 4.78 is 308. The number of hydrogen-bond acceptors (Lipinski definition) is 18. The lowest BCUT2D eigenvalue weighted by Crippen LogP contribution is -2.28. The molecule has 6 rings (SSSR count). The molecule has 20 nitrogen and oxygen atoms in total. The highest BCUT2D eigenvalue weighted by molar-refractivity contribution is 9.10. The summed E-state index contributed by atoms with van der Waals surface area (Å²) in [7, 11) is -28.3. The second-order valence-corrected chi connectivity index (χ2v) is 24.9. The molecule has 0 radical (unpaired) electrons. The Bertz CT molecular complexity index is 3970. The summed E-state index contributed by atoms with van der Waals surface area (Å²) in [5, 5.41) is 12.6. The van der Waals surface area contributed by atoms with Gasteiger partial charge in [0.05, 0.1) is 9.40 Å². The second-order valence-electron chi connectivity index (χ2n) is 16.4. The average molecular weight is 1440 g/mol. The number of halogens is 16. The van der Waals surface area contributed by atoms with Crippen LogP contribution >= 0.6 is 15.9 Å². The van der Waals surface area contributed by atoms with E-state index in [0.717, 1.165) is 59.2 Å². The van der Waals surface area contributed by atoms with Crippen LogP contribution in [0.25, 0.3) is 11.1 Å². The van der Waals surface area contributed by atoms with Gasteiger partial charge in [0.1, 0.15) is 23.0 Å². The molecule has 88 heavy (non-hydrogen) atoms. The normalized spacial score (nSPS) is 12.3. The summed E-state index contributed by atoms with van der Waals surface area (Å²) in [6, 6.07) is 29.0. The number of anilines is 1. The first-order chi connectivity index (χ1) is 39.7. The van der Waals surface area contributed by atoms with Crippen LogP contribution in [-0.4, -0.2) is 80.5 Å². The van der Waals surface area contributed by atoms with Gasteiger partial charge in [0.25, 0.3) is 5.69 Å². The van der Waals surface area contributed by atoms with Gasteiger partial charge in [-0.2, -0.15) is 108 Å². The minimum absolute atomic E-state index is 0.139.